The van der Waals surface area contributed by atoms with Crippen molar-refractivity contribution < 1.29 is 0 Å². The summed E-state index contributed by atoms with van der Waals surface area (Å²) in [6, 6.07) is 1.85. The van der Waals surface area contributed by atoms with Crippen molar-refractivity contribution in [3.63, 3.8) is 0 Å². The maximum absolute atomic E-state index is 4.26. The Morgan fingerprint density at radius 1 is 1.20 bits per heavy atom. The van der Waals surface area contributed by atoms with E-state index in [2.05, 4.69) is 26.0 Å². The van der Waals surface area contributed by atoms with Crippen LogP contribution in [0.4, 0.5) is 5.95 Å². The van der Waals surface area contributed by atoms with Gasteiger partial charge >= 0.3 is 0 Å². The molecule has 2 rings (SSSR count). The van der Waals surface area contributed by atoms with E-state index in [4.69, 9.17) is 0 Å². The summed E-state index contributed by atoms with van der Waals surface area (Å²) in [6.07, 6.45) is 5.75. The molecule has 1 fully saturated rings. The lowest BCUT2D eigenvalue weighted by atomic mass is 10.3. The Labute approximate surface area is 94.7 Å². The fourth-order valence-corrected chi connectivity index (χ4v) is 2.34. The summed E-state index contributed by atoms with van der Waals surface area (Å²) in [5.41, 5.74) is 0. The Balaban J connectivity index is 1.88. The molecule has 1 aliphatic rings. The fraction of sp³-hybridized carbons (Fsp3) is 0.600. The van der Waals surface area contributed by atoms with Gasteiger partial charge in [-0.05, 0) is 12.3 Å². The number of anilines is 1. The molecule has 1 aliphatic heterocycles. The molecule has 5 heteroatoms. The first-order valence-corrected chi connectivity index (χ1v) is 6.53. The monoisotopic (exact) mass is 224 g/mol. The highest BCUT2D eigenvalue weighted by atomic mass is 32.2. The van der Waals surface area contributed by atoms with Crippen LogP contribution in [0.15, 0.2) is 18.5 Å². The SMILES string of the molecule is CSCN1CCN(c2ncccn2)CC1. The number of thioether (sulfide) groups is 1. The molecule has 0 radical (unpaired) electrons. The van der Waals surface area contributed by atoms with Crippen LogP contribution >= 0.6 is 11.8 Å². The molecule has 82 valence electrons. The van der Waals surface area contributed by atoms with Crippen molar-refractivity contribution >= 4 is 17.7 Å². The van der Waals surface area contributed by atoms with Crippen LogP contribution in [0, 0.1) is 0 Å². The van der Waals surface area contributed by atoms with Crippen LogP contribution in [0.5, 0.6) is 0 Å². The molecule has 1 aromatic heterocycles. The van der Waals surface area contributed by atoms with E-state index in [0.717, 1.165) is 38.0 Å². The van der Waals surface area contributed by atoms with Crippen LogP contribution in [-0.4, -0.2) is 53.2 Å². The van der Waals surface area contributed by atoms with Crippen LogP contribution in [0.25, 0.3) is 0 Å². The molecule has 0 aliphatic carbocycles. The van der Waals surface area contributed by atoms with Crippen molar-refractivity contribution in [3.8, 4) is 0 Å². The third-order valence-corrected chi connectivity index (χ3v) is 3.14. The second kappa shape index (κ2) is 5.32. The maximum atomic E-state index is 4.26. The number of hydrogen-bond donors (Lipinski definition) is 0. The lowest BCUT2D eigenvalue weighted by Gasteiger charge is -2.34. The molecular formula is C10H16N4S. The Morgan fingerprint density at radius 3 is 2.47 bits per heavy atom. The van der Waals surface area contributed by atoms with E-state index in [1.807, 2.05) is 17.8 Å². The summed E-state index contributed by atoms with van der Waals surface area (Å²) in [4.78, 5) is 13.2. The summed E-state index contributed by atoms with van der Waals surface area (Å²) in [5.74, 6) is 1.99. The average molecular weight is 224 g/mol. The van der Waals surface area contributed by atoms with E-state index in [9.17, 15) is 0 Å². The first-order valence-electron chi connectivity index (χ1n) is 5.13. The second-order valence-corrected chi connectivity index (χ2v) is 4.41. The van der Waals surface area contributed by atoms with Gasteiger partial charge in [0.15, 0.2) is 0 Å². The number of nitrogens with zero attached hydrogens (tertiary/aromatic N) is 4. The molecule has 0 unspecified atom stereocenters. The highest BCUT2D eigenvalue weighted by molar-refractivity contribution is 7.98. The van der Waals surface area contributed by atoms with Crippen molar-refractivity contribution in [1.29, 1.82) is 0 Å². The summed E-state index contributed by atoms with van der Waals surface area (Å²) in [6.45, 7) is 4.29. The Kier molecular flexibility index (Phi) is 3.80. The van der Waals surface area contributed by atoms with Gasteiger partial charge in [0.05, 0.1) is 0 Å². The highest BCUT2D eigenvalue weighted by Crippen LogP contribution is 2.10. The third kappa shape index (κ3) is 2.82. The van der Waals surface area contributed by atoms with Crippen molar-refractivity contribution in [1.82, 2.24) is 14.9 Å². The Bertz CT molecular complexity index is 285. The third-order valence-electron chi connectivity index (χ3n) is 2.52. The van der Waals surface area contributed by atoms with E-state index < -0.39 is 0 Å². The van der Waals surface area contributed by atoms with Gasteiger partial charge in [0, 0.05) is 44.4 Å². The van der Waals surface area contributed by atoms with Crippen molar-refractivity contribution in [2.24, 2.45) is 0 Å². The topological polar surface area (TPSA) is 32.3 Å². The minimum absolute atomic E-state index is 0.862. The molecule has 15 heavy (non-hydrogen) atoms. The second-order valence-electron chi connectivity index (χ2n) is 3.57. The van der Waals surface area contributed by atoms with Gasteiger partial charge in [-0.1, -0.05) is 0 Å². The van der Waals surface area contributed by atoms with E-state index in [0.29, 0.717) is 0 Å². The van der Waals surface area contributed by atoms with E-state index in [-0.39, 0.29) is 0 Å². The highest BCUT2D eigenvalue weighted by Gasteiger charge is 2.17. The number of rotatable bonds is 3. The number of hydrogen-bond acceptors (Lipinski definition) is 5. The van der Waals surface area contributed by atoms with Gasteiger partial charge in [-0.25, -0.2) is 9.97 Å². The maximum Gasteiger partial charge on any atom is 0.225 e. The van der Waals surface area contributed by atoms with Gasteiger partial charge in [-0.15, -0.1) is 11.8 Å². The molecule has 1 aromatic rings. The molecule has 2 heterocycles. The summed E-state index contributed by atoms with van der Waals surface area (Å²) in [5, 5.41) is 0. The average Bonchev–Trinajstić information content (AvgIpc) is 2.32. The molecular weight excluding hydrogens is 208 g/mol. The molecule has 0 bridgehead atoms. The standard InChI is InChI=1S/C10H16N4S/c1-15-9-13-5-7-14(8-6-13)10-11-3-2-4-12-10/h2-4H,5-9H2,1H3. The normalized spacial score (nSPS) is 18.1. The zero-order valence-corrected chi connectivity index (χ0v) is 9.78. The summed E-state index contributed by atoms with van der Waals surface area (Å²) < 4.78 is 0. The van der Waals surface area contributed by atoms with Crippen LogP contribution in [0.1, 0.15) is 0 Å². The fourth-order valence-electron chi connectivity index (χ4n) is 1.71. The predicted octanol–water partition coefficient (Wildman–Crippen LogP) is 0.919. The smallest absolute Gasteiger partial charge is 0.225 e. The van der Waals surface area contributed by atoms with E-state index in [1.54, 1.807) is 12.4 Å². The van der Waals surface area contributed by atoms with Crippen LogP contribution in [-0.2, 0) is 0 Å². The van der Waals surface area contributed by atoms with Gasteiger partial charge in [0.25, 0.3) is 0 Å². The number of aromatic nitrogens is 2. The van der Waals surface area contributed by atoms with Gasteiger partial charge in [-0.3, -0.25) is 4.90 Å². The Hall–Kier alpha value is -0.810. The minimum Gasteiger partial charge on any atom is -0.338 e. The molecule has 1 saturated heterocycles. The van der Waals surface area contributed by atoms with Crippen LogP contribution in [0.3, 0.4) is 0 Å². The van der Waals surface area contributed by atoms with Crippen LogP contribution < -0.4 is 4.90 Å². The summed E-state index contributed by atoms with van der Waals surface area (Å²) in [7, 11) is 0. The Morgan fingerprint density at radius 2 is 1.87 bits per heavy atom. The minimum atomic E-state index is 0.862. The lowest BCUT2D eigenvalue weighted by Crippen LogP contribution is -2.46. The van der Waals surface area contributed by atoms with E-state index in [1.165, 1.54) is 0 Å². The van der Waals surface area contributed by atoms with Crippen molar-refractivity contribution in [3.05, 3.63) is 18.5 Å². The summed E-state index contributed by atoms with van der Waals surface area (Å²) >= 11 is 1.88. The van der Waals surface area contributed by atoms with Crippen molar-refractivity contribution in [2.45, 2.75) is 0 Å². The number of piperazine rings is 1. The van der Waals surface area contributed by atoms with Gasteiger partial charge in [-0.2, -0.15) is 0 Å². The van der Waals surface area contributed by atoms with Crippen molar-refractivity contribution in [2.75, 3.05) is 43.2 Å². The molecule has 0 atom stereocenters. The largest absolute Gasteiger partial charge is 0.338 e. The predicted molar refractivity (Wildman–Crippen MR) is 64.2 cm³/mol. The molecule has 0 spiro atoms. The first kappa shape index (κ1) is 10.7. The van der Waals surface area contributed by atoms with Gasteiger partial charge in [0.1, 0.15) is 0 Å². The van der Waals surface area contributed by atoms with E-state index >= 15 is 0 Å². The van der Waals surface area contributed by atoms with Gasteiger partial charge < -0.3 is 4.90 Å². The zero-order valence-electron chi connectivity index (χ0n) is 8.96. The molecule has 4 nitrogen and oxygen atoms in total. The molecule has 0 saturated carbocycles. The van der Waals surface area contributed by atoms with Crippen LogP contribution in [0.2, 0.25) is 0 Å². The molecule has 0 N–H and O–H groups in total. The zero-order chi connectivity index (χ0) is 10.5. The molecule has 0 aromatic carbocycles. The molecule has 0 amide bonds. The quantitative estimate of drug-likeness (QED) is 0.762. The lowest BCUT2D eigenvalue weighted by molar-refractivity contribution is 0.299. The first-order chi connectivity index (χ1) is 7.40. The van der Waals surface area contributed by atoms with Gasteiger partial charge in [0.2, 0.25) is 5.95 Å².